The minimum absolute atomic E-state index is 0.640. The topological polar surface area (TPSA) is 22.0 Å². The molecule has 3 rings (SSSR count). The number of hydrogen-bond acceptors (Lipinski definition) is 1. The first-order valence-corrected chi connectivity index (χ1v) is 6.38. The molecule has 0 amide bonds. The fourth-order valence-corrected chi connectivity index (χ4v) is 2.68. The Labute approximate surface area is 116 Å². The molecule has 0 atom stereocenters. The number of aromatic nitrogens is 1. The van der Waals surface area contributed by atoms with E-state index in [0.717, 1.165) is 28.4 Å². The molecule has 0 aliphatic heterocycles. The molecular formula is C16H12ClNO. The minimum atomic E-state index is 0.640. The summed E-state index contributed by atoms with van der Waals surface area (Å²) < 4.78 is 2.03. The second-order valence-electron chi connectivity index (χ2n) is 4.47. The lowest BCUT2D eigenvalue weighted by Crippen LogP contribution is -1.93. The molecule has 0 aliphatic rings. The Kier molecular flexibility index (Phi) is 2.88. The van der Waals surface area contributed by atoms with Gasteiger partial charge in [0.05, 0.1) is 5.69 Å². The number of carbonyl (C=O) groups is 1. The van der Waals surface area contributed by atoms with E-state index >= 15 is 0 Å². The number of aryl methyl sites for hydroxylation is 1. The molecule has 3 heteroatoms. The molecule has 0 bridgehead atoms. The van der Waals surface area contributed by atoms with E-state index in [4.69, 9.17) is 11.6 Å². The van der Waals surface area contributed by atoms with Gasteiger partial charge in [0, 0.05) is 28.5 Å². The van der Waals surface area contributed by atoms with Crippen LogP contribution in [-0.4, -0.2) is 10.9 Å². The quantitative estimate of drug-likeness (QED) is 0.636. The van der Waals surface area contributed by atoms with Crippen LogP contribution in [0.4, 0.5) is 0 Å². The zero-order chi connectivity index (χ0) is 13.4. The Bertz CT molecular complexity index is 759. The number of benzene rings is 2. The molecule has 0 fully saturated rings. The van der Waals surface area contributed by atoms with Gasteiger partial charge in [0.2, 0.25) is 0 Å². The Balaban J connectivity index is 2.42. The number of aldehydes is 1. The van der Waals surface area contributed by atoms with E-state index in [1.54, 1.807) is 0 Å². The van der Waals surface area contributed by atoms with Crippen molar-refractivity contribution in [2.45, 2.75) is 0 Å². The molecule has 0 saturated carbocycles. The van der Waals surface area contributed by atoms with Gasteiger partial charge >= 0.3 is 0 Å². The van der Waals surface area contributed by atoms with E-state index in [2.05, 4.69) is 0 Å². The summed E-state index contributed by atoms with van der Waals surface area (Å²) >= 11 is 6.03. The zero-order valence-electron chi connectivity index (χ0n) is 10.4. The van der Waals surface area contributed by atoms with Gasteiger partial charge in [0.25, 0.3) is 0 Å². The molecule has 2 nitrogen and oxygen atoms in total. The van der Waals surface area contributed by atoms with Crippen molar-refractivity contribution in [2.24, 2.45) is 7.05 Å². The molecule has 0 saturated heterocycles. The first-order valence-electron chi connectivity index (χ1n) is 6.01. The standard InChI is InChI=1S/C16H12ClNO/c1-18-15-8-7-12(17)9-13(15)14(10-19)16(18)11-5-3-2-4-6-11/h2-10H,1H3. The predicted octanol–water partition coefficient (Wildman–Crippen LogP) is 4.31. The number of nitrogens with zero attached hydrogens (tertiary/aromatic N) is 1. The van der Waals surface area contributed by atoms with Gasteiger partial charge in [0.1, 0.15) is 0 Å². The molecule has 0 spiro atoms. The molecule has 1 aromatic heterocycles. The Hall–Kier alpha value is -2.06. The molecule has 3 aromatic rings. The number of fused-ring (bicyclic) bond motifs is 1. The number of rotatable bonds is 2. The summed E-state index contributed by atoms with van der Waals surface area (Å²) in [5, 5.41) is 1.53. The summed E-state index contributed by atoms with van der Waals surface area (Å²) in [4.78, 5) is 11.5. The zero-order valence-corrected chi connectivity index (χ0v) is 11.2. The maximum atomic E-state index is 11.5. The highest BCUT2D eigenvalue weighted by atomic mass is 35.5. The third-order valence-corrected chi connectivity index (χ3v) is 3.60. The molecule has 19 heavy (non-hydrogen) atoms. The van der Waals surface area contributed by atoms with Crippen molar-refractivity contribution in [3.63, 3.8) is 0 Å². The van der Waals surface area contributed by atoms with Crippen LogP contribution in [0.3, 0.4) is 0 Å². The third-order valence-electron chi connectivity index (χ3n) is 3.37. The molecule has 2 aromatic carbocycles. The molecular weight excluding hydrogens is 258 g/mol. The van der Waals surface area contributed by atoms with Crippen LogP contribution in [0.5, 0.6) is 0 Å². The van der Waals surface area contributed by atoms with Crippen molar-refractivity contribution >= 4 is 28.8 Å². The van der Waals surface area contributed by atoms with Crippen molar-refractivity contribution < 1.29 is 4.79 Å². The highest BCUT2D eigenvalue weighted by Crippen LogP contribution is 2.33. The molecule has 94 valence electrons. The summed E-state index contributed by atoms with van der Waals surface area (Å²) in [7, 11) is 1.96. The van der Waals surface area contributed by atoms with E-state index in [-0.39, 0.29) is 0 Å². The molecule has 0 N–H and O–H groups in total. The normalized spacial score (nSPS) is 10.8. The van der Waals surface area contributed by atoms with Crippen molar-refractivity contribution in [1.82, 2.24) is 4.57 Å². The first kappa shape index (κ1) is 12.0. The maximum absolute atomic E-state index is 11.5. The second-order valence-corrected chi connectivity index (χ2v) is 4.90. The van der Waals surface area contributed by atoms with E-state index in [9.17, 15) is 4.79 Å². The van der Waals surface area contributed by atoms with Crippen LogP contribution in [0, 0.1) is 0 Å². The largest absolute Gasteiger partial charge is 0.343 e. The van der Waals surface area contributed by atoms with E-state index < -0.39 is 0 Å². The van der Waals surface area contributed by atoms with Crippen molar-refractivity contribution in [3.05, 3.63) is 59.1 Å². The van der Waals surface area contributed by atoms with Crippen LogP contribution in [0.1, 0.15) is 10.4 Å². The smallest absolute Gasteiger partial charge is 0.152 e. The molecule has 1 heterocycles. The lowest BCUT2D eigenvalue weighted by Gasteiger charge is -2.05. The Morgan fingerprint density at radius 3 is 2.53 bits per heavy atom. The second kappa shape index (κ2) is 4.56. The van der Waals surface area contributed by atoms with Crippen molar-refractivity contribution in [1.29, 1.82) is 0 Å². The van der Waals surface area contributed by atoms with Crippen LogP contribution in [0.25, 0.3) is 22.2 Å². The van der Waals surface area contributed by atoms with Crippen LogP contribution in [-0.2, 0) is 7.05 Å². The van der Waals surface area contributed by atoms with Crippen molar-refractivity contribution in [3.8, 4) is 11.3 Å². The van der Waals surface area contributed by atoms with Gasteiger partial charge < -0.3 is 4.57 Å². The molecule has 0 radical (unpaired) electrons. The van der Waals surface area contributed by atoms with Gasteiger partial charge in [-0.2, -0.15) is 0 Å². The SMILES string of the molecule is Cn1c(-c2ccccc2)c(C=O)c2cc(Cl)ccc21. The molecule has 0 unspecified atom stereocenters. The fraction of sp³-hybridized carbons (Fsp3) is 0.0625. The van der Waals surface area contributed by atoms with Gasteiger partial charge in [-0.15, -0.1) is 0 Å². The number of hydrogen-bond donors (Lipinski definition) is 0. The van der Waals surface area contributed by atoms with E-state index in [0.29, 0.717) is 10.6 Å². The summed E-state index contributed by atoms with van der Waals surface area (Å²) in [6.45, 7) is 0. The van der Waals surface area contributed by atoms with Crippen LogP contribution < -0.4 is 0 Å². The first-order chi connectivity index (χ1) is 9.22. The molecule has 0 aliphatic carbocycles. The average Bonchev–Trinajstić information content (AvgIpc) is 2.71. The Morgan fingerprint density at radius 1 is 1.11 bits per heavy atom. The van der Waals surface area contributed by atoms with E-state index in [1.165, 1.54) is 0 Å². The minimum Gasteiger partial charge on any atom is -0.343 e. The van der Waals surface area contributed by atoms with Gasteiger partial charge in [-0.1, -0.05) is 41.9 Å². The van der Waals surface area contributed by atoms with Crippen LogP contribution in [0.2, 0.25) is 5.02 Å². The van der Waals surface area contributed by atoms with Gasteiger partial charge in [-0.3, -0.25) is 4.79 Å². The predicted molar refractivity (Wildman–Crippen MR) is 78.8 cm³/mol. The summed E-state index contributed by atoms with van der Waals surface area (Å²) in [5.74, 6) is 0. The van der Waals surface area contributed by atoms with Gasteiger partial charge in [-0.05, 0) is 23.8 Å². The summed E-state index contributed by atoms with van der Waals surface area (Å²) in [6, 6.07) is 15.5. The van der Waals surface area contributed by atoms with Gasteiger partial charge in [0.15, 0.2) is 6.29 Å². The summed E-state index contributed by atoms with van der Waals surface area (Å²) in [5.41, 5.74) is 3.64. The lowest BCUT2D eigenvalue weighted by atomic mass is 10.1. The fourth-order valence-electron chi connectivity index (χ4n) is 2.51. The Morgan fingerprint density at radius 2 is 1.84 bits per heavy atom. The lowest BCUT2D eigenvalue weighted by molar-refractivity contribution is 0.112. The average molecular weight is 270 g/mol. The highest BCUT2D eigenvalue weighted by molar-refractivity contribution is 6.31. The maximum Gasteiger partial charge on any atom is 0.152 e. The van der Waals surface area contributed by atoms with Gasteiger partial charge in [-0.25, -0.2) is 0 Å². The van der Waals surface area contributed by atoms with E-state index in [1.807, 2.05) is 60.1 Å². The van der Waals surface area contributed by atoms with Crippen LogP contribution in [0.15, 0.2) is 48.5 Å². The van der Waals surface area contributed by atoms with Crippen molar-refractivity contribution in [2.75, 3.05) is 0 Å². The highest BCUT2D eigenvalue weighted by Gasteiger charge is 2.16. The number of carbonyl (C=O) groups excluding carboxylic acids is 1. The third kappa shape index (κ3) is 1.85. The summed E-state index contributed by atoms with van der Waals surface area (Å²) in [6.07, 6.45) is 0.904. The van der Waals surface area contributed by atoms with Crippen LogP contribution >= 0.6 is 11.6 Å². The number of halogens is 1. The monoisotopic (exact) mass is 269 g/mol.